The number of nitrogens with one attached hydrogen (secondary N) is 2. The van der Waals surface area contributed by atoms with Crippen molar-refractivity contribution < 1.29 is 4.79 Å². The van der Waals surface area contributed by atoms with Crippen LogP contribution < -0.4 is 10.6 Å². The molecule has 0 atom stereocenters. The van der Waals surface area contributed by atoms with Crippen LogP contribution in [0.4, 0.5) is 5.82 Å². The third kappa shape index (κ3) is 3.50. The minimum atomic E-state index is 0.131. The Morgan fingerprint density at radius 2 is 2.05 bits per heavy atom. The highest BCUT2D eigenvalue weighted by Crippen LogP contribution is 2.25. The smallest absolute Gasteiger partial charge is 0.228 e. The molecule has 2 saturated heterocycles. The largest absolute Gasteiger partial charge is 0.317 e. The molecule has 0 aromatic carbocycles. The number of carbonyl (C=O) groups is 1. The lowest BCUT2D eigenvalue weighted by Gasteiger charge is -2.32. The molecule has 2 fully saturated rings. The Morgan fingerprint density at radius 3 is 2.73 bits per heavy atom. The van der Waals surface area contributed by atoms with Crippen molar-refractivity contribution in [2.24, 2.45) is 5.92 Å². The summed E-state index contributed by atoms with van der Waals surface area (Å²) in [6.07, 6.45) is 5.85. The van der Waals surface area contributed by atoms with Crippen molar-refractivity contribution in [1.82, 2.24) is 20.0 Å². The fourth-order valence-corrected chi connectivity index (χ4v) is 3.50. The molecular weight excluding hydrogens is 278 g/mol. The SMILES string of the molecule is CCN1CCC(n2nccc2NC(=O)C2CCNCC2)CC1. The van der Waals surface area contributed by atoms with Crippen LogP contribution in [0.1, 0.15) is 38.6 Å². The van der Waals surface area contributed by atoms with Crippen LogP contribution in [0.15, 0.2) is 12.3 Å². The zero-order valence-corrected chi connectivity index (χ0v) is 13.4. The standard InChI is InChI=1S/C16H27N5O/c1-2-20-11-6-14(7-12-20)21-15(5-10-18-21)19-16(22)13-3-8-17-9-4-13/h5,10,13-14,17H,2-4,6-9,11-12H2,1H3,(H,19,22). The molecule has 6 heteroatoms. The minimum absolute atomic E-state index is 0.131. The first kappa shape index (κ1) is 15.5. The van der Waals surface area contributed by atoms with Crippen LogP contribution in [-0.2, 0) is 4.79 Å². The molecule has 0 aliphatic carbocycles. The highest BCUT2D eigenvalue weighted by molar-refractivity contribution is 5.91. The minimum Gasteiger partial charge on any atom is -0.317 e. The van der Waals surface area contributed by atoms with Gasteiger partial charge >= 0.3 is 0 Å². The lowest BCUT2D eigenvalue weighted by molar-refractivity contribution is -0.120. The Balaban J connectivity index is 1.61. The highest BCUT2D eigenvalue weighted by atomic mass is 16.2. The zero-order valence-electron chi connectivity index (χ0n) is 13.4. The van der Waals surface area contributed by atoms with Crippen molar-refractivity contribution in [3.63, 3.8) is 0 Å². The molecule has 3 heterocycles. The number of carbonyl (C=O) groups excluding carboxylic acids is 1. The first-order valence-electron chi connectivity index (χ1n) is 8.55. The lowest BCUT2D eigenvalue weighted by Crippen LogP contribution is -2.36. The molecule has 0 bridgehead atoms. The summed E-state index contributed by atoms with van der Waals surface area (Å²) in [6, 6.07) is 2.33. The molecule has 0 spiro atoms. The fraction of sp³-hybridized carbons (Fsp3) is 0.750. The van der Waals surface area contributed by atoms with Gasteiger partial charge in [0.05, 0.1) is 12.2 Å². The van der Waals surface area contributed by atoms with Crippen LogP contribution in [0, 0.1) is 5.92 Å². The van der Waals surface area contributed by atoms with E-state index in [4.69, 9.17) is 0 Å². The van der Waals surface area contributed by atoms with Gasteiger partial charge in [-0.15, -0.1) is 0 Å². The first-order chi connectivity index (χ1) is 10.8. The Bertz CT molecular complexity index is 486. The maximum absolute atomic E-state index is 12.4. The molecule has 2 aliphatic heterocycles. The van der Waals surface area contributed by atoms with Gasteiger partial charge in [0.2, 0.25) is 5.91 Å². The van der Waals surface area contributed by atoms with Gasteiger partial charge in [-0.2, -0.15) is 5.10 Å². The summed E-state index contributed by atoms with van der Waals surface area (Å²) in [5.74, 6) is 1.14. The second kappa shape index (κ2) is 7.24. The van der Waals surface area contributed by atoms with E-state index < -0.39 is 0 Å². The Hall–Kier alpha value is -1.40. The molecule has 0 saturated carbocycles. The molecule has 6 nitrogen and oxygen atoms in total. The van der Waals surface area contributed by atoms with Gasteiger partial charge in [-0.25, -0.2) is 4.68 Å². The third-order valence-electron chi connectivity index (χ3n) is 4.98. The molecule has 3 rings (SSSR count). The molecule has 2 N–H and O–H groups in total. The normalized spacial score (nSPS) is 21.9. The molecule has 0 unspecified atom stereocenters. The Kier molecular flexibility index (Phi) is 5.10. The maximum Gasteiger partial charge on any atom is 0.228 e. The molecule has 1 aromatic heterocycles. The maximum atomic E-state index is 12.4. The highest BCUT2D eigenvalue weighted by Gasteiger charge is 2.25. The summed E-state index contributed by atoms with van der Waals surface area (Å²) in [4.78, 5) is 14.9. The summed E-state index contributed by atoms with van der Waals surface area (Å²) < 4.78 is 2.02. The molecular formula is C16H27N5O. The quantitative estimate of drug-likeness (QED) is 0.884. The molecule has 1 amide bonds. The average Bonchev–Trinajstić information content (AvgIpc) is 3.04. The van der Waals surface area contributed by atoms with E-state index >= 15 is 0 Å². The van der Waals surface area contributed by atoms with Gasteiger partial charge < -0.3 is 15.5 Å². The molecule has 1 aromatic rings. The number of nitrogens with zero attached hydrogens (tertiary/aromatic N) is 3. The van der Waals surface area contributed by atoms with E-state index in [1.807, 2.05) is 10.7 Å². The van der Waals surface area contributed by atoms with E-state index in [9.17, 15) is 4.79 Å². The van der Waals surface area contributed by atoms with E-state index in [1.165, 1.54) is 0 Å². The van der Waals surface area contributed by atoms with Gasteiger partial charge in [-0.1, -0.05) is 6.92 Å². The van der Waals surface area contributed by atoms with Crippen molar-refractivity contribution in [1.29, 1.82) is 0 Å². The van der Waals surface area contributed by atoms with Gasteiger partial charge in [-0.3, -0.25) is 4.79 Å². The number of rotatable bonds is 4. The van der Waals surface area contributed by atoms with E-state index in [-0.39, 0.29) is 11.8 Å². The summed E-state index contributed by atoms with van der Waals surface area (Å²) in [7, 11) is 0. The number of aromatic nitrogens is 2. The summed E-state index contributed by atoms with van der Waals surface area (Å²) in [5, 5.41) is 10.9. The Labute approximate surface area is 132 Å². The van der Waals surface area contributed by atoms with Gasteiger partial charge in [0, 0.05) is 25.1 Å². The van der Waals surface area contributed by atoms with E-state index in [0.29, 0.717) is 6.04 Å². The summed E-state index contributed by atoms with van der Waals surface area (Å²) in [6.45, 7) is 7.43. The van der Waals surface area contributed by atoms with Crippen molar-refractivity contribution in [2.45, 2.75) is 38.6 Å². The van der Waals surface area contributed by atoms with Crippen LogP contribution >= 0.6 is 0 Å². The first-order valence-corrected chi connectivity index (χ1v) is 8.55. The molecule has 2 aliphatic rings. The second-order valence-electron chi connectivity index (χ2n) is 6.34. The van der Waals surface area contributed by atoms with E-state index in [2.05, 4.69) is 27.6 Å². The van der Waals surface area contributed by atoms with Crippen molar-refractivity contribution >= 4 is 11.7 Å². The van der Waals surface area contributed by atoms with Gasteiger partial charge in [-0.05, 0) is 45.3 Å². The second-order valence-corrected chi connectivity index (χ2v) is 6.34. The van der Waals surface area contributed by atoms with Crippen molar-refractivity contribution in [3.05, 3.63) is 12.3 Å². The van der Waals surface area contributed by atoms with Crippen LogP contribution in [0.5, 0.6) is 0 Å². The summed E-state index contributed by atoms with van der Waals surface area (Å²) >= 11 is 0. The topological polar surface area (TPSA) is 62.2 Å². The van der Waals surface area contributed by atoms with Gasteiger partial charge in [0.1, 0.15) is 5.82 Å². The predicted molar refractivity (Wildman–Crippen MR) is 86.8 cm³/mol. The predicted octanol–water partition coefficient (Wildman–Crippen LogP) is 1.48. The van der Waals surface area contributed by atoms with E-state index in [0.717, 1.165) is 64.2 Å². The van der Waals surface area contributed by atoms with Crippen LogP contribution in [0.3, 0.4) is 0 Å². The fourth-order valence-electron chi connectivity index (χ4n) is 3.50. The van der Waals surface area contributed by atoms with Crippen LogP contribution in [0.25, 0.3) is 0 Å². The number of hydrogen-bond donors (Lipinski definition) is 2. The molecule has 122 valence electrons. The van der Waals surface area contributed by atoms with Crippen LogP contribution in [0.2, 0.25) is 0 Å². The molecule has 0 radical (unpaired) electrons. The monoisotopic (exact) mass is 305 g/mol. The number of hydrogen-bond acceptors (Lipinski definition) is 4. The van der Waals surface area contributed by atoms with Crippen LogP contribution in [-0.4, -0.2) is 53.3 Å². The summed E-state index contributed by atoms with van der Waals surface area (Å²) in [5.41, 5.74) is 0. The lowest BCUT2D eigenvalue weighted by atomic mass is 9.97. The number of anilines is 1. The average molecular weight is 305 g/mol. The Morgan fingerprint density at radius 1 is 1.32 bits per heavy atom. The zero-order chi connectivity index (χ0) is 15.4. The number of amides is 1. The van der Waals surface area contributed by atoms with Gasteiger partial charge in [0.25, 0.3) is 0 Å². The number of likely N-dealkylation sites (tertiary alicyclic amines) is 1. The van der Waals surface area contributed by atoms with Crippen molar-refractivity contribution in [3.8, 4) is 0 Å². The third-order valence-corrected chi connectivity index (χ3v) is 4.98. The van der Waals surface area contributed by atoms with Gasteiger partial charge in [0.15, 0.2) is 0 Å². The number of piperidine rings is 2. The molecule has 22 heavy (non-hydrogen) atoms. The van der Waals surface area contributed by atoms with Crippen molar-refractivity contribution in [2.75, 3.05) is 38.0 Å². The van der Waals surface area contributed by atoms with E-state index in [1.54, 1.807) is 6.20 Å².